The van der Waals surface area contributed by atoms with Gasteiger partial charge < -0.3 is 0 Å². The fourth-order valence-corrected chi connectivity index (χ4v) is 2.34. The van der Waals surface area contributed by atoms with Crippen molar-refractivity contribution in [2.24, 2.45) is 0 Å². The number of nitrogens with zero attached hydrogens (tertiary/aromatic N) is 2. The minimum absolute atomic E-state index is 0.271. The van der Waals surface area contributed by atoms with Gasteiger partial charge >= 0.3 is 0 Å². The largest absolute Gasteiger partial charge is 0.240 e. The third kappa shape index (κ3) is 2.10. The van der Waals surface area contributed by atoms with E-state index in [1.165, 1.54) is 23.5 Å². The van der Waals surface area contributed by atoms with E-state index in [1.54, 1.807) is 6.07 Å². The lowest BCUT2D eigenvalue weighted by Gasteiger charge is -1.94. The summed E-state index contributed by atoms with van der Waals surface area (Å²) in [6.07, 6.45) is 0.303. The molecule has 1 heterocycles. The molecule has 0 aliphatic heterocycles. The lowest BCUT2D eigenvalue weighted by atomic mass is 10.2. The first-order valence-corrected chi connectivity index (χ1v) is 5.61. The first kappa shape index (κ1) is 10.8. The zero-order valence-electron chi connectivity index (χ0n) is 8.70. The van der Waals surface area contributed by atoms with Gasteiger partial charge in [-0.1, -0.05) is 12.1 Å². The number of hydrogen-bond acceptors (Lipinski definition) is 3. The first-order chi connectivity index (χ1) is 7.70. The van der Waals surface area contributed by atoms with Gasteiger partial charge in [0.15, 0.2) is 0 Å². The summed E-state index contributed by atoms with van der Waals surface area (Å²) in [6.45, 7) is 1.92. The van der Waals surface area contributed by atoms with E-state index in [-0.39, 0.29) is 5.82 Å². The van der Waals surface area contributed by atoms with Crippen LogP contribution in [0.1, 0.15) is 10.6 Å². The Kier molecular flexibility index (Phi) is 2.97. The zero-order valence-corrected chi connectivity index (χ0v) is 9.51. The van der Waals surface area contributed by atoms with Gasteiger partial charge in [-0.25, -0.2) is 9.37 Å². The van der Waals surface area contributed by atoms with Gasteiger partial charge in [0.05, 0.1) is 18.2 Å². The van der Waals surface area contributed by atoms with Crippen LogP contribution in [0.2, 0.25) is 0 Å². The molecule has 80 valence electrons. The maximum Gasteiger partial charge on any atom is 0.124 e. The minimum atomic E-state index is -0.271. The summed E-state index contributed by atoms with van der Waals surface area (Å²) in [5.41, 5.74) is 1.55. The molecule has 0 fully saturated rings. The highest BCUT2D eigenvalue weighted by Crippen LogP contribution is 2.28. The van der Waals surface area contributed by atoms with Gasteiger partial charge in [-0.3, -0.25) is 0 Å². The number of hydrogen-bond donors (Lipinski definition) is 0. The molecule has 0 N–H and O–H groups in total. The van der Waals surface area contributed by atoms with Crippen LogP contribution in [0.4, 0.5) is 4.39 Å². The molecular formula is C12H9FN2S. The normalized spacial score (nSPS) is 10.1. The standard InChI is InChI=1S/C12H9FN2S/c1-8-11(5-6-14)15-12(16-8)9-3-2-4-10(13)7-9/h2-4,7H,5H2,1H3. The number of aryl methyl sites for hydroxylation is 1. The molecule has 2 rings (SSSR count). The molecule has 0 radical (unpaired) electrons. The highest BCUT2D eigenvalue weighted by molar-refractivity contribution is 7.15. The van der Waals surface area contributed by atoms with E-state index < -0.39 is 0 Å². The van der Waals surface area contributed by atoms with Crippen LogP contribution in [-0.2, 0) is 6.42 Å². The van der Waals surface area contributed by atoms with Crippen LogP contribution in [0.3, 0.4) is 0 Å². The Balaban J connectivity index is 2.42. The van der Waals surface area contributed by atoms with E-state index in [2.05, 4.69) is 11.1 Å². The Morgan fingerprint density at radius 3 is 3.00 bits per heavy atom. The van der Waals surface area contributed by atoms with E-state index in [4.69, 9.17) is 5.26 Å². The van der Waals surface area contributed by atoms with E-state index in [0.717, 1.165) is 21.1 Å². The Labute approximate surface area is 97.0 Å². The third-order valence-electron chi connectivity index (χ3n) is 2.21. The van der Waals surface area contributed by atoms with Crippen LogP contribution in [-0.4, -0.2) is 4.98 Å². The van der Waals surface area contributed by atoms with Crippen molar-refractivity contribution >= 4 is 11.3 Å². The predicted octanol–water partition coefficient (Wildman–Crippen LogP) is 3.32. The molecule has 16 heavy (non-hydrogen) atoms. The zero-order chi connectivity index (χ0) is 11.5. The molecule has 0 amide bonds. The summed E-state index contributed by atoms with van der Waals surface area (Å²) in [5, 5.41) is 9.39. The molecule has 4 heteroatoms. The molecule has 0 saturated carbocycles. The first-order valence-electron chi connectivity index (χ1n) is 4.80. The van der Waals surface area contributed by atoms with Crippen molar-refractivity contribution in [3.63, 3.8) is 0 Å². The topological polar surface area (TPSA) is 36.7 Å². The fraction of sp³-hybridized carbons (Fsp3) is 0.167. The van der Waals surface area contributed by atoms with Gasteiger partial charge in [0.1, 0.15) is 10.8 Å². The Bertz CT molecular complexity index is 554. The molecule has 0 saturated heterocycles. The second-order valence-electron chi connectivity index (χ2n) is 3.37. The number of rotatable bonds is 2. The third-order valence-corrected chi connectivity index (χ3v) is 3.27. The average Bonchev–Trinajstić information content (AvgIpc) is 2.61. The van der Waals surface area contributed by atoms with Crippen molar-refractivity contribution in [1.29, 1.82) is 5.26 Å². The Hall–Kier alpha value is -1.73. The van der Waals surface area contributed by atoms with Crippen molar-refractivity contribution in [3.8, 4) is 16.6 Å². The Morgan fingerprint density at radius 2 is 2.31 bits per heavy atom. The lowest BCUT2D eigenvalue weighted by Crippen LogP contribution is -1.84. The molecule has 0 unspecified atom stereocenters. The summed E-state index contributed by atoms with van der Waals surface area (Å²) < 4.78 is 13.0. The van der Waals surface area contributed by atoms with Crippen LogP contribution in [0.5, 0.6) is 0 Å². The molecule has 2 aromatic rings. The highest BCUT2D eigenvalue weighted by atomic mass is 32.1. The van der Waals surface area contributed by atoms with Crippen molar-refractivity contribution in [3.05, 3.63) is 40.7 Å². The SMILES string of the molecule is Cc1sc(-c2cccc(F)c2)nc1CC#N. The van der Waals surface area contributed by atoms with E-state index in [0.29, 0.717) is 6.42 Å². The van der Waals surface area contributed by atoms with E-state index in [1.807, 2.05) is 13.0 Å². The van der Waals surface area contributed by atoms with E-state index >= 15 is 0 Å². The van der Waals surface area contributed by atoms with Gasteiger partial charge in [-0.05, 0) is 19.1 Å². The monoisotopic (exact) mass is 232 g/mol. The molecule has 0 aliphatic carbocycles. The van der Waals surface area contributed by atoms with Crippen molar-refractivity contribution in [2.75, 3.05) is 0 Å². The average molecular weight is 232 g/mol. The van der Waals surface area contributed by atoms with E-state index in [9.17, 15) is 4.39 Å². The molecular weight excluding hydrogens is 223 g/mol. The van der Waals surface area contributed by atoms with Gasteiger partial charge in [0.25, 0.3) is 0 Å². The summed E-state index contributed by atoms with van der Waals surface area (Å²) in [6, 6.07) is 8.40. The number of nitriles is 1. The summed E-state index contributed by atoms with van der Waals surface area (Å²) in [4.78, 5) is 5.35. The molecule has 1 aromatic carbocycles. The van der Waals surface area contributed by atoms with Crippen LogP contribution in [0, 0.1) is 24.1 Å². The van der Waals surface area contributed by atoms with Crippen LogP contribution >= 0.6 is 11.3 Å². The molecule has 0 aliphatic rings. The Morgan fingerprint density at radius 1 is 1.50 bits per heavy atom. The van der Waals surface area contributed by atoms with Crippen LogP contribution in [0.15, 0.2) is 24.3 Å². The van der Waals surface area contributed by atoms with Crippen molar-refractivity contribution in [1.82, 2.24) is 4.98 Å². The van der Waals surface area contributed by atoms with Crippen molar-refractivity contribution in [2.45, 2.75) is 13.3 Å². The summed E-state index contributed by atoms with van der Waals surface area (Å²) in [5.74, 6) is -0.271. The number of thiazole rings is 1. The maximum atomic E-state index is 13.0. The molecule has 0 bridgehead atoms. The van der Waals surface area contributed by atoms with Gasteiger partial charge in [-0.2, -0.15) is 5.26 Å². The smallest absolute Gasteiger partial charge is 0.124 e. The molecule has 0 spiro atoms. The fourth-order valence-electron chi connectivity index (χ4n) is 1.41. The van der Waals surface area contributed by atoms with Crippen LogP contribution < -0.4 is 0 Å². The second kappa shape index (κ2) is 4.42. The molecule has 1 aromatic heterocycles. The molecule has 2 nitrogen and oxygen atoms in total. The number of halogens is 1. The maximum absolute atomic E-state index is 13.0. The number of benzene rings is 1. The predicted molar refractivity (Wildman–Crippen MR) is 61.6 cm³/mol. The van der Waals surface area contributed by atoms with Gasteiger partial charge in [0.2, 0.25) is 0 Å². The number of aromatic nitrogens is 1. The quantitative estimate of drug-likeness (QED) is 0.796. The second-order valence-corrected chi connectivity index (χ2v) is 4.57. The van der Waals surface area contributed by atoms with Crippen molar-refractivity contribution < 1.29 is 4.39 Å². The summed E-state index contributed by atoms with van der Waals surface area (Å²) in [7, 11) is 0. The van der Waals surface area contributed by atoms with Crippen LogP contribution in [0.25, 0.3) is 10.6 Å². The molecule has 0 atom stereocenters. The van der Waals surface area contributed by atoms with Gasteiger partial charge in [-0.15, -0.1) is 11.3 Å². The van der Waals surface area contributed by atoms with Gasteiger partial charge in [0, 0.05) is 10.4 Å². The lowest BCUT2D eigenvalue weighted by molar-refractivity contribution is 0.628. The summed E-state index contributed by atoms with van der Waals surface area (Å²) >= 11 is 1.49. The highest BCUT2D eigenvalue weighted by Gasteiger charge is 2.09. The minimum Gasteiger partial charge on any atom is -0.240 e.